The van der Waals surface area contributed by atoms with Crippen LogP contribution in [-0.2, 0) is 4.74 Å². The van der Waals surface area contributed by atoms with Crippen LogP contribution in [0.3, 0.4) is 0 Å². The molecule has 1 heteroatoms. The Morgan fingerprint density at radius 2 is 2.20 bits per heavy atom. The molecule has 0 aromatic heterocycles. The van der Waals surface area contributed by atoms with Gasteiger partial charge in [0, 0.05) is 0 Å². The van der Waals surface area contributed by atoms with Crippen molar-refractivity contribution >= 4 is 0 Å². The molecule has 0 saturated carbocycles. The van der Waals surface area contributed by atoms with Crippen LogP contribution in [0.5, 0.6) is 0 Å². The van der Waals surface area contributed by atoms with E-state index in [1.54, 1.807) is 12.3 Å². The first-order chi connectivity index (χ1) is 4.81. The zero-order chi connectivity index (χ0) is 7.82. The Kier molecular flexibility index (Phi) is 5.54. The predicted molar refractivity (Wildman–Crippen MR) is 44.7 cm³/mol. The summed E-state index contributed by atoms with van der Waals surface area (Å²) < 4.78 is 5.18. The molecule has 1 atom stereocenters. The Morgan fingerprint density at radius 3 is 2.70 bits per heavy atom. The first-order valence-electron chi connectivity index (χ1n) is 3.37. The van der Waals surface area contributed by atoms with E-state index in [0.717, 1.165) is 0 Å². The van der Waals surface area contributed by atoms with Crippen molar-refractivity contribution < 1.29 is 4.74 Å². The van der Waals surface area contributed by atoms with E-state index in [2.05, 4.69) is 6.58 Å². The predicted octanol–water partition coefficient (Wildman–Crippen LogP) is 2.67. The highest BCUT2D eigenvalue weighted by Crippen LogP contribution is 1.93. The summed E-state index contributed by atoms with van der Waals surface area (Å²) in [6.45, 7) is 7.45. The van der Waals surface area contributed by atoms with E-state index >= 15 is 0 Å². The second-order valence-electron chi connectivity index (χ2n) is 1.93. The van der Waals surface area contributed by atoms with Crippen LogP contribution in [0.1, 0.15) is 13.8 Å². The molecule has 1 nitrogen and oxygen atoms in total. The first kappa shape index (κ1) is 9.02. The summed E-state index contributed by atoms with van der Waals surface area (Å²) in [5.74, 6) is 0. The molecule has 0 spiro atoms. The minimum atomic E-state index is 0.134. The molecule has 0 N–H and O–H groups in total. The lowest BCUT2D eigenvalue weighted by atomic mass is 10.3. The van der Waals surface area contributed by atoms with E-state index in [1.165, 1.54) is 0 Å². The van der Waals surface area contributed by atoms with Gasteiger partial charge in [-0.3, -0.25) is 0 Å². The molecule has 0 amide bonds. The van der Waals surface area contributed by atoms with Gasteiger partial charge in [-0.2, -0.15) is 0 Å². The molecular weight excluding hydrogens is 124 g/mol. The molecule has 0 heterocycles. The van der Waals surface area contributed by atoms with Crippen LogP contribution in [0.4, 0.5) is 0 Å². The lowest BCUT2D eigenvalue weighted by Crippen LogP contribution is -1.97. The molecule has 0 bridgehead atoms. The summed E-state index contributed by atoms with van der Waals surface area (Å²) in [6.07, 6.45) is 9.21. The van der Waals surface area contributed by atoms with Gasteiger partial charge in [0.25, 0.3) is 0 Å². The van der Waals surface area contributed by atoms with E-state index in [9.17, 15) is 0 Å². The molecule has 0 rings (SSSR count). The maximum atomic E-state index is 5.18. The number of allylic oxidation sites excluding steroid dienone is 3. The van der Waals surface area contributed by atoms with Crippen LogP contribution in [0.2, 0.25) is 0 Å². The van der Waals surface area contributed by atoms with Crippen molar-refractivity contribution in [3.8, 4) is 0 Å². The molecule has 56 valence electrons. The zero-order valence-electron chi connectivity index (χ0n) is 6.58. The summed E-state index contributed by atoms with van der Waals surface area (Å²) in [5, 5.41) is 0. The maximum absolute atomic E-state index is 5.18. The van der Waals surface area contributed by atoms with Crippen molar-refractivity contribution in [2.75, 3.05) is 0 Å². The number of rotatable bonds is 4. The highest BCUT2D eigenvalue weighted by molar-refractivity contribution is 5.00. The van der Waals surface area contributed by atoms with Crippen molar-refractivity contribution in [2.45, 2.75) is 20.0 Å². The van der Waals surface area contributed by atoms with Gasteiger partial charge in [0.2, 0.25) is 0 Å². The molecular formula is C9H14O. The van der Waals surface area contributed by atoms with E-state index in [4.69, 9.17) is 4.74 Å². The van der Waals surface area contributed by atoms with Gasteiger partial charge in [0.15, 0.2) is 0 Å². The SMILES string of the molecule is C=C/C=C\C(C)O/C=C/C. The number of ether oxygens (including phenoxy) is 1. The molecule has 0 aromatic rings. The van der Waals surface area contributed by atoms with Crippen molar-refractivity contribution in [3.05, 3.63) is 37.1 Å². The van der Waals surface area contributed by atoms with Gasteiger partial charge in [0.05, 0.1) is 6.26 Å². The van der Waals surface area contributed by atoms with E-state index < -0.39 is 0 Å². The Hall–Kier alpha value is -0.980. The standard InChI is InChI=1S/C9H14O/c1-4-6-7-9(3)10-8-5-2/h4-9H,1H2,2-3H3/b7-6-,8-5+. The van der Waals surface area contributed by atoms with Crippen LogP contribution in [0.25, 0.3) is 0 Å². The minimum absolute atomic E-state index is 0.134. The quantitative estimate of drug-likeness (QED) is 0.428. The third-order valence-electron chi connectivity index (χ3n) is 0.948. The van der Waals surface area contributed by atoms with Crippen LogP contribution in [0, 0.1) is 0 Å². The smallest absolute Gasteiger partial charge is 0.113 e. The third-order valence-corrected chi connectivity index (χ3v) is 0.948. The summed E-state index contributed by atoms with van der Waals surface area (Å²) in [6, 6.07) is 0. The average Bonchev–Trinajstić information content (AvgIpc) is 1.97. The van der Waals surface area contributed by atoms with E-state index in [1.807, 2.05) is 32.1 Å². The topological polar surface area (TPSA) is 9.23 Å². The van der Waals surface area contributed by atoms with Crippen LogP contribution in [0.15, 0.2) is 37.1 Å². The van der Waals surface area contributed by atoms with Crippen molar-refractivity contribution in [3.63, 3.8) is 0 Å². The summed E-state index contributed by atoms with van der Waals surface area (Å²) in [4.78, 5) is 0. The maximum Gasteiger partial charge on any atom is 0.113 e. The Bertz CT molecular complexity index is 134. The third kappa shape index (κ3) is 5.16. The highest BCUT2D eigenvalue weighted by Gasteiger charge is 1.88. The summed E-state index contributed by atoms with van der Waals surface area (Å²) in [7, 11) is 0. The van der Waals surface area contributed by atoms with E-state index in [0.29, 0.717) is 0 Å². The Labute approximate surface area is 62.7 Å². The van der Waals surface area contributed by atoms with Gasteiger partial charge in [0.1, 0.15) is 6.10 Å². The summed E-state index contributed by atoms with van der Waals surface area (Å²) in [5.41, 5.74) is 0. The average molecular weight is 138 g/mol. The minimum Gasteiger partial charge on any atom is -0.495 e. The number of hydrogen-bond donors (Lipinski definition) is 0. The second kappa shape index (κ2) is 6.14. The van der Waals surface area contributed by atoms with Gasteiger partial charge >= 0.3 is 0 Å². The fourth-order valence-electron chi connectivity index (χ4n) is 0.483. The molecule has 0 saturated heterocycles. The van der Waals surface area contributed by atoms with Gasteiger partial charge in [-0.15, -0.1) is 0 Å². The van der Waals surface area contributed by atoms with Crippen molar-refractivity contribution in [1.29, 1.82) is 0 Å². The van der Waals surface area contributed by atoms with Crippen LogP contribution >= 0.6 is 0 Å². The van der Waals surface area contributed by atoms with Gasteiger partial charge in [-0.25, -0.2) is 0 Å². The molecule has 0 aliphatic heterocycles. The summed E-state index contributed by atoms with van der Waals surface area (Å²) >= 11 is 0. The largest absolute Gasteiger partial charge is 0.495 e. The molecule has 0 aliphatic rings. The molecule has 0 radical (unpaired) electrons. The van der Waals surface area contributed by atoms with Crippen LogP contribution in [-0.4, -0.2) is 6.10 Å². The van der Waals surface area contributed by atoms with Crippen LogP contribution < -0.4 is 0 Å². The van der Waals surface area contributed by atoms with Crippen molar-refractivity contribution in [2.24, 2.45) is 0 Å². The lowest BCUT2D eigenvalue weighted by molar-refractivity contribution is 0.204. The molecule has 0 aliphatic carbocycles. The molecule has 0 aromatic carbocycles. The second-order valence-corrected chi connectivity index (χ2v) is 1.93. The molecule has 0 fully saturated rings. The normalized spacial score (nSPS) is 14.2. The van der Waals surface area contributed by atoms with E-state index in [-0.39, 0.29) is 6.10 Å². The highest BCUT2D eigenvalue weighted by atomic mass is 16.5. The fraction of sp³-hybridized carbons (Fsp3) is 0.333. The first-order valence-corrected chi connectivity index (χ1v) is 3.37. The fourth-order valence-corrected chi connectivity index (χ4v) is 0.483. The molecule has 10 heavy (non-hydrogen) atoms. The van der Waals surface area contributed by atoms with Crippen molar-refractivity contribution in [1.82, 2.24) is 0 Å². The number of hydrogen-bond acceptors (Lipinski definition) is 1. The Balaban J connectivity index is 3.51. The zero-order valence-corrected chi connectivity index (χ0v) is 6.58. The van der Waals surface area contributed by atoms with Gasteiger partial charge in [-0.1, -0.05) is 24.8 Å². The molecule has 1 unspecified atom stereocenters. The van der Waals surface area contributed by atoms with Gasteiger partial charge < -0.3 is 4.74 Å². The lowest BCUT2D eigenvalue weighted by Gasteiger charge is -2.03. The van der Waals surface area contributed by atoms with Gasteiger partial charge in [-0.05, 0) is 19.9 Å². The monoisotopic (exact) mass is 138 g/mol. The Morgan fingerprint density at radius 1 is 1.50 bits per heavy atom.